The van der Waals surface area contributed by atoms with Crippen molar-refractivity contribution in [3.63, 3.8) is 0 Å². The van der Waals surface area contributed by atoms with Crippen molar-refractivity contribution in [1.82, 2.24) is 0 Å². The van der Waals surface area contributed by atoms with E-state index in [1.807, 2.05) is 0 Å². The average Bonchev–Trinajstić information content (AvgIpc) is 3.22. The van der Waals surface area contributed by atoms with Crippen molar-refractivity contribution in [2.45, 2.75) is 51.4 Å². The second kappa shape index (κ2) is 13.3. The largest absolute Gasteiger partial charge is 0.344 e. The number of hydrogen-bond acceptors (Lipinski definition) is 1. The number of anilines is 1. The van der Waals surface area contributed by atoms with Gasteiger partial charge in [-0.3, -0.25) is 0 Å². The number of nitrogens with zero attached hydrogens (tertiary/aromatic N) is 4. The summed E-state index contributed by atoms with van der Waals surface area (Å²) in [5.41, 5.74) is 7.88. The van der Waals surface area contributed by atoms with Gasteiger partial charge in [0.25, 0.3) is 0 Å². The minimum absolute atomic E-state index is 0.0945. The molecule has 2 aromatic rings. The Labute approximate surface area is 292 Å². The van der Waals surface area contributed by atoms with Gasteiger partial charge in [0.15, 0.2) is 12.3 Å². The third-order valence-corrected chi connectivity index (χ3v) is 10.4. The van der Waals surface area contributed by atoms with Crippen LogP contribution in [0.1, 0.15) is 51.7 Å². The second-order valence-corrected chi connectivity index (χ2v) is 18.2. The van der Waals surface area contributed by atoms with Crippen LogP contribution in [0.4, 0.5) is 11.4 Å². The Morgan fingerprint density at radius 1 is 0.818 bits per heavy atom. The zero-order chi connectivity index (χ0) is 32.7. The Bertz CT molecular complexity index is 1510. The highest BCUT2D eigenvalue weighted by Gasteiger charge is 2.44. The molecule has 2 aromatic carbocycles. The highest BCUT2D eigenvalue weighted by Crippen LogP contribution is 2.49. The van der Waals surface area contributed by atoms with Gasteiger partial charge >= 0.3 is 0 Å². The summed E-state index contributed by atoms with van der Waals surface area (Å²) in [6.45, 7) is 13.7. The first-order chi connectivity index (χ1) is 20.3. The number of fused-ring (bicyclic) bond motifs is 2. The van der Waals surface area contributed by atoms with Crippen molar-refractivity contribution >= 4 is 64.9 Å². The van der Waals surface area contributed by atoms with Crippen LogP contribution in [0, 0.1) is 0 Å². The van der Waals surface area contributed by atoms with Crippen molar-refractivity contribution in [2.75, 3.05) is 73.4 Å². The minimum Gasteiger partial charge on any atom is -0.344 e. The monoisotopic (exact) mass is 789 g/mol. The lowest BCUT2D eigenvalue weighted by Gasteiger charge is -2.29. The molecule has 0 amide bonds. The Balaban J connectivity index is 1.67. The summed E-state index contributed by atoms with van der Waals surface area (Å²) in [6, 6.07) is 13.5. The quantitative estimate of drug-likeness (QED) is 0.125. The highest BCUT2D eigenvalue weighted by atomic mass is 79.9. The van der Waals surface area contributed by atoms with Gasteiger partial charge in [-0.05, 0) is 68.0 Å². The van der Waals surface area contributed by atoms with Gasteiger partial charge < -0.3 is 13.9 Å². The van der Waals surface area contributed by atoms with Crippen molar-refractivity contribution in [3.05, 3.63) is 91.0 Å². The van der Waals surface area contributed by atoms with Gasteiger partial charge in [-0.1, -0.05) is 61.6 Å². The maximum absolute atomic E-state index is 3.92. The Hall–Kier alpha value is -1.51. The van der Waals surface area contributed by atoms with E-state index in [0.717, 1.165) is 61.4 Å². The van der Waals surface area contributed by atoms with Crippen LogP contribution in [-0.2, 0) is 10.8 Å². The number of halogens is 3. The third-order valence-electron chi connectivity index (χ3n) is 8.93. The van der Waals surface area contributed by atoms with Gasteiger partial charge in [0, 0.05) is 60.9 Å². The molecule has 0 saturated carbocycles. The third kappa shape index (κ3) is 8.06. The van der Waals surface area contributed by atoms with E-state index < -0.39 is 0 Å². The van der Waals surface area contributed by atoms with Crippen LogP contribution in [0.5, 0.6) is 0 Å². The van der Waals surface area contributed by atoms with E-state index in [1.165, 1.54) is 33.9 Å². The molecule has 2 aliphatic heterocycles. The van der Waals surface area contributed by atoms with Crippen molar-refractivity contribution in [3.8, 4) is 0 Å². The minimum atomic E-state index is -0.0945. The molecule has 0 saturated heterocycles. The fourth-order valence-corrected chi connectivity index (χ4v) is 7.54. The molecule has 4 rings (SSSR count). The number of hydrogen-bond donors (Lipinski definition) is 0. The molecule has 0 fully saturated rings. The zero-order valence-corrected chi connectivity index (χ0v) is 33.2. The molecule has 0 spiro atoms. The first kappa shape index (κ1) is 35.3. The van der Waals surface area contributed by atoms with Crippen LogP contribution in [0.15, 0.2) is 79.8 Å². The van der Waals surface area contributed by atoms with Gasteiger partial charge in [0.05, 0.1) is 67.2 Å². The van der Waals surface area contributed by atoms with Crippen LogP contribution in [0.2, 0.25) is 0 Å². The Morgan fingerprint density at radius 2 is 1.41 bits per heavy atom. The molecular formula is C37H52Br3N4+3. The summed E-state index contributed by atoms with van der Waals surface area (Å²) >= 11 is 11.4. The number of allylic oxidation sites excluding steroid dienone is 6. The van der Waals surface area contributed by atoms with Crippen molar-refractivity contribution in [2.24, 2.45) is 0 Å². The second-order valence-electron chi connectivity index (χ2n) is 15.4. The Kier molecular flexibility index (Phi) is 10.7. The maximum atomic E-state index is 3.92. The fourth-order valence-electron chi connectivity index (χ4n) is 6.56. The van der Waals surface area contributed by atoms with E-state index in [4.69, 9.17) is 0 Å². The molecular weight excluding hydrogens is 740 g/mol. The molecule has 0 aliphatic carbocycles. The van der Waals surface area contributed by atoms with Gasteiger partial charge in [0.2, 0.25) is 5.69 Å². The fraction of sp³-hybridized carbons (Fsp3) is 0.486. The van der Waals surface area contributed by atoms with E-state index in [-0.39, 0.29) is 10.8 Å². The summed E-state index contributed by atoms with van der Waals surface area (Å²) in [5, 5.41) is 0. The molecule has 4 nitrogen and oxygen atoms in total. The van der Waals surface area contributed by atoms with Gasteiger partial charge in [-0.2, -0.15) is 4.58 Å². The molecule has 238 valence electrons. The summed E-state index contributed by atoms with van der Waals surface area (Å²) in [4.78, 5) is 2.54. The lowest BCUT2D eigenvalue weighted by atomic mass is 9.81. The van der Waals surface area contributed by atoms with Gasteiger partial charge in [0.1, 0.15) is 0 Å². The van der Waals surface area contributed by atoms with Crippen LogP contribution in [-0.4, -0.2) is 87.7 Å². The first-order valence-corrected chi connectivity index (χ1v) is 18.1. The Morgan fingerprint density at radius 3 is 2.05 bits per heavy atom. The smallest absolute Gasteiger partial charge is 0.209 e. The van der Waals surface area contributed by atoms with Gasteiger partial charge in [-0.25, -0.2) is 0 Å². The molecule has 0 bridgehead atoms. The summed E-state index contributed by atoms with van der Waals surface area (Å²) < 4.78 is 7.82. The highest BCUT2D eigenvalue weighted by molar-refractivity contribution is 9.12. The number of rotatable bonds is 11. The predicted octanol–water partition coefficient (Wildman–Crippen LogP) is 9.30. The maximum Gasteiger partial charge on any atom is 0.209 e. The molecule has 0 radical (unpaired) electrons. The van der Waals surface area contributed by atoms with Crippen LogP contribution < -0.4 is 4.90 Å². The SMILES string of the molecule is CC1(C)C(=CC=C(Br)C=CC2=[N+](CCC[N+](C)(C)C)c3ccc(Br)cc3C2(C)C)N(CCC[N+](C)(C)C)c2ccc(Br)cc21. The lowest BCUT2D eigenvalue weighted by Crippen LogP contribution is -2.37. The van der Waals surface area contributed by atoms with Crippen LogP contribution >= 0.6 is 47.8 Å². The summed E-state index contributed by atoms with van der Waals surface area (Å²) in [6.07, 6.45) is 11.4. The van der Waals surface area contributed by atoms with Gasteiger partial charge in [-0.15, -0.1) is 0 Å². The normalized spacial score (nSPS) is 19.0. The van der Waals surface area contributed by atoms with E-state index >= 15 is 0 Å². The predicted molar refractivity (Wildman–Crippen MR) is 201 cm³/mol. The molecule has 44 heavy (non-hydrogen) atoms. The van der Waals surface area contributed by atoms with Crippen molar-refractivity contribution in [1.29, 1.82) is 0 Å². The summed E-state index contributed by atoms with van der Waals surface area (Å²) in [5.74, 6) is 0. The van der Waals surface area contributed by atoms with Crippen LogP contribution in [0.3, 0.4) is 0 Å². The molecule has 7 heteroatoms. The lowest BCUT2D eigenvalue weighted by molar-refractivity contribution is -0.871. The zero-order valence-electron chi connectivity index (χ0n) is 28.4. The molecule has 2 aliphatic rings. The number of benzene rings is 2. The molecule has 0 aromatic heterocycles. The molecule has 0 unspecified atom stereocenters. The molecule has 0 atom stereocenters. The van der Waals surface area contributed by atoms with Crippen LogP contribution in [0.25, 0.3) is 0 Å². The van der Waals surface area contributed by atoms with E-state index in [2.05, 4.69) is 188 Å². The van der Waals surface area contributed by atoms with Crippen molar-refractivity contribution < 1.29 is 13.5 Å². The molecule has 0 N–H and O–H groups in total. The van der Waals surface area contributed by atoms with E-state index in [9.17, 15) is 0 Å². The van der Waals surface area contributed by atoms with E-state index in [1.54, 1.807) is 0 Å². The average molecular weight is 793 g/mol. The summed E-state index contributed by atoms with van der Waals surface area (Å²) in [7, 11) is 13.6. The standard InChI is InChI=1S/C37H52Br3N4/c1-36(2)30-25-28(39)13-17-32(30)41(21-11-23-43(5,6)7)34(36)19-15-27(38)16-20-35-37(3,4)31-26-29(40)14-18-33(31)42(35)22-12-24-44(8,9)10/h13-20,25-26H,11-12,21-24H2,1-10H3/q+3. The number of quaternary nitrogens is 2. The molecule has 2 heterocycles. The first-order valence-electron chi connectivity index (χ1n) is 15.7. The topological polar surface area (TPSA) is 6.25 Å². The van der Waals surface area contributed by atoms with E-state index in [0.29, 0.717) is 0 Å².